The molecule has 5 rings (SSSR count). The van der Waals surface area contributed by atoms with Crippen LogP contribution in [0.3, 0.4) is 0 Å². The van der Waals surface area contributed by atoms with Crippen LogP contribution in [0, 0.1) is 0 Å². The van der Waals surface area contributed by atoms with Crippen molar-refractivity contribution in [1.29, 1.82) is 0 Å². The summed E-state index contributed by atoms with van der Waals surface area (Å²) in [5.41, 5.74) is 5.57. The van der Waals surface area contributed by atoms with E-state index in [-0.39, 0.29) is 30.6 Å². The lowest BCUT2D eigenvalue weighted by molar-refractivity contribution is -0.139. The second-order valence-corrected chi connectivity index (χ2v) is 10.0. The van der Waals surface area contributed by atoms with Gasteiger partial charge in [-0.05, 0) is 34.9 Å². The highest BCUT2D eigenvalue weighted by molar-refractivity contribution is 5.96. The predicted molar refractivity (Wildman–Crippen MR) is 154 cm³/mol. The van der Waals surface area contributed by atoms with Crippen LogP contribution in [-0.4, -0.2) is 64.0 Å². The fourth-order valence-electron chi connectivity index (χ4n) is 5.17. The number of carbonyl (C=O) groups is 3. The Labute approximate surface area is 237 Å². The summed E-state index contributed by atoms with van der Waals surface area (Å²) in [7, 11) is 3.32. The lowest BCUT2D eigenvalue weighted by atomic mass is 9.98. The monoisotopic (exact) mass is 553 g/mol. The van der Waals surface area contributed by atoms with Crippen molar-refractivity contribution in [2.24, 2.45) is 7.05 Å². The number of ether oxygens (including phenoxy) is 1. The number of hydrogen-bond acceptors (Lipinski definition) is 6. The van der Waals surface area contributed by atoms with Crippen LogP contribution < -0.4 is 10.6 Å². The molecule has 0 saturated carbocycles. The first kappa shape index (κ1) is 27.6. The summed E-state index contributed by atoms with van der Waals surface area (Å²) in [5.74, 6) is -1.76. The minimum Gasteiger partial charge on any atom is -0.480 e. The van der Waals surface area contributed by atoms with E-state index in [0.717, 1.165) is 27.8 Å². The summed E-state index contributed by atoms with van der Waals surface area (Å²) in [6.45, 7) is 0.760. The minimum atomic E-state index is -1.16. The predicted octanol–water partition coefficient (Wildman–Crippen LogP) is 4.10. The zero-order valence-electron chi connectivity index (χ0n) is 22.8. The number of rotatable bonds is 10. The highest BCUT2D eigenvalue weighted by Gasteiger charge is 2.29. The van der Waals surface area contributed by atoms with E-state index in [0.29, 0.717) is 6.54 Å². The number of fused-ring (bicyclic) bond motifs is 3. The van der Waals surface area contributed by atoms with Crippen molar-refractivity contribution in [1.82, 2.24) is 20.0 Å². The van der Waals surface area contributed by atoms with Crippen molar-refractivity contribution in [3.8, 4) is 11.1 Å². The smallest absolute Gasteiger partial charge is 0.412 e. The fourth-order valence-corrected chi connectivity index (χ4v) is 5.17. The second kappa shape index (κ2) is 12.1. The molecule has 0 aliphatic heterocycles. The van der Waals surface area contributed by atoms with Gasteiger partial charge >= 0.3 is 12.1 Å². The Bertz CT molecular complexity index is 1520. The first-order valence-corrected chi connectivity index (χ1v) is 13.2. The summed E-state index contributed by atoms with van der Waals surface area (Å²) in [5, 5.41) is 19.0. The second-order valence-electron chi connectivity index (χ2n) is 10.0. The number of benzene rings is 3. The highest BCUT2D eigenvalue weighted by Crippen LogP contribution is 2.44. The van der Waals surface area contributed by atoms with Crippen LogP contribution in [0.15, 0.2) is 84.9 Å². The van der Waals surface area contributed by atoms with Crippen molar-refractivity contribution in [2.45, 2.75) is 18.5 Å². The molecule has 0 spiro atoms. The number of hydrogen-bond donors (Lipinski definition) is 3. The van der Waals surface area contributed by atoms with E-state index in [1.165, 1.54) is 17.8 Å². The van der Waals surface area contributed by atoms with Gasteiger partial charge < -0.3 is 15.2 Å². The van der Waals surface area contributed by atoms with Gasteiger partial charge in [-0.15, -0.1) is 0 Å². The zero-order chi connectivity index (χ0) is 28.9. The Balaban J connectivity index is 1.18. The molecule has 3 N–H and O–H groups in total. The molecule has 1 unspecified atom stereocenters. The average molecular weight is 554 g/mol. The average Bonchev–Trinajstić information content (AvgIpc) is 3.49. The van der Waals surface area contributed by atoms with Crippen molar-refractivity contribution < 1.29 is 24.2 Å². The molecule has 2 amide bonds. The van der Waals surface area contributed by atoms with E-state index in [9.17, 15) is 19.5 Å². The standard InChI is InChI=1S/C31H31N5O5/c1-35(17-20-10-4-3-5-11-20)18-26(30(38)39)32-29(37)27-16-28(34-36(27)2)33-31(40)41-19-25-23-14-8-6-12-21(23)22-13-7-9-15-24(22)25/h3-16,25-26H,17-19H2,1-2H3,(H,32,37)(H,38,39)(H,33,34,40). The Morgan fingerprint density at radius 2 is 1.59 bits per heavy atom. The Kier molecular flexibility index (Phi) is 8.11. The zero-order valence-corrected chi connectivity index (χ0v) is 22.8. The van der Waals surface area contributed by atoms with Gasteiger partial charge in [0.05, 0.1) is 0 Å². The van der Waals surface area contributed by atoms with Crippen molar-refractivity contribution in [3.63, 3.8) is 0 Å². The summed E-state index contributed by atoms with van der Waals surface area (Å²) in [4.78, 5) is 39.3. The maximum atomic E-state index is 13.0. The first-order valence-electron chi connectivity index (χ1n) is 13.2. The van der Waals surface area contributed by atoms with Gasteiger partial charge in [0.1, 0.15) is 18.3 Å². The topological polar surface area (TPSA) is 126 Å². The van der Waals surface area contributed by atoms with Gasteiger partial charge in [-0.3, -0.25) is 19.7 Å². The maximum absolute atomic E-state index is 13.0. The van der Waals surface area contributed by atoms with Crippen molar-refractivity contribution >= 4 is 23.8 Å². The third-order valence-electron chi connectivity index (χ3n) is 7.08. The first-order chi connectivity index (χ1) is 19.8. The number of carboxylic acid groups (broad SMARTS) is 1. The number of likely N-dealkylation sites (N-methyl/N-ethyl adjacent to an activating group) is 1. The number of carbonyl (C=O) groups excluding carboxylic acids is 2. The number of nitrogens with one attached hydrogen (secondary N) is 2. The normalized spacial score (nSPS) is 12.9. The molecule has 1 atom stereocenters. The lowest BCUT2D eigenvalue weighted by Crippen LogP contribution is -2.47. The van der Waals surface area contributed by atoms with Crippen LogP contribution in [-0.2, 0) is 23.1 Å². The molecule has 0 radical (unpaired) electrons. The third kappa shape index (κ3) is 6.28. The number of aromatic nitrogens is 2. The summed E-state index contributed by atoms with van der Waals surface area (Å²) >= 11 is 0. The molecule has 0 fully saturated rings. The van der Waals surface area contributed by atoms with Gasteiger partial charge in [-0.2, -0.15) is 5.10 Å². The molecule has 4 aromatic rings. The van der Waals surface area contributed by atoms with E-state index in [2.05, 4.69) is 27.9 Å². The van der Waals surface area contributed by atoms with Crippen LogP contribution in [0.4, 0.5) is 10.6 Å². The van der Waals surface area contributed by atoms with Crippen LogP contribution in [0.1, 0.15) is 33.1 Å². The third-order valence-corrected chi connectivity index (χ3v) is 7.08. The van der Waals surface area contributed by atoms with Crippen molar-refractivity contribution in [2.75, 3.05) is 25.5 Å². The van der Waals surface area contributed by atoms with Crippen molar-refractivity contribution in [3.05, 3.63) is 107 Å². The Morgan fingerprint density at radius 3 is 2.22 bits per heavy atom. The molecular weight excluding hydrogens is 522 g/mol. The molecular formula is C31H31N5O5. The number of aryl methyl sites for hydroxylation is 1. The Hall–Kier alpha value is -4.96. The van der Waals surface area contributed by atoms with E-state index in [1.807, 2.05) is 71.6 Å². The number of aliphatic carboxylic acids is 1. The lowest BCUT2D eigenvalue weighted by Gasteiger charge is -2.22. The molecule has 1 aliphatic carbocycles. The molecule has 10 heteroatoms. The molecule has 210 valence electrons. The molecule has 41 heavy (non-hydrogen) atoms. The number of amides is 2. The molecule has 0 saturated heterocycles. The van der Waals surface area contributed by atoms with Gasteiger partial charge in [0.15, 0.2) is 5.82 Å². The van der Waals surface area contributed by atoms with E-state index >= 15 is 0 Å². The summed E-state index contributed by atoms with van der Waals surface area (Å²) in [6.07, 6.45) is -0.706. The van der Waals surface area contributed by atoms with Crippen LogP contribution >= 0.6 is 0 Å². The van der Waals surface area contributed by atoms with E-state index in [4.69, 9.17) is 4.74 Å². The minimum absolute atomic E-state index is 0.0915. The van der Waals surface area contributed by atoms with Crippen LogP contribution in [0.5, 0.6) is 0 Å². The van der Waals surface area contributed by atoms with Gasteiger partial charge in [-0.25, -0.2) is 9.59 Å². The quantitative estimate of drug-likeness (QED) is 0.270. The number of anilines is 1. The van der Waals surface area contributed by atoms with Gasteiger partial charge in [-0.1, -0.05) is 78.9 Å². The van der Waals surface area contributed by atoms with Crippen LogP contribution in [0.2, 0.25) is 0 Å². The molecule has 1 aromatic heterocycles. The molecule has 3 aromatic carbocycles. The van der Waals surface area contributed by atoms with Crippen LogP contribution in [0.25, 0.3) is 11.1 Å². The van der Waals surface area contributed by atoms with Gasteiger partial charge in [0.2, 0.25) is 0 Å². The molecule has 1 heterocycles. The largest absolute Gasteiger partial charge is 0.480 e. The van der Waals surface area contributed by atoms with Gasteiger partial charge in [0, 0.05) is 32.1 Å². The van der Waals surface area contributed by atoms with Gasteiger partial charge in [0.25, 0.3) is 5.91 Å². The fraction of sp³-hybridized carbons (Fsp3) is 0.226. The number of nitrogens with zero attached hydrogens (tertiary/aromatic N) is 3. The summed E-state index contributed by atoms with van der Waals surface area (Å²) in [6, 6.07) is 26.0. The maximum Gasteiger partial charge on any atom is 0.412 e. The Morgan fingerprint density at radius 1 is 0.976 bits per heavy atom. The molecule has 0 bridgehead atoms. The molecule has 1 aliphatic rings. The number of carboxylic acids is 1. The van der Waals surface area contributed by atoms with E-state index in [1.54, 1.807) is 7.05 Å². The van der Waals surface area contributed by atoms with E-state index < -0.39 is 24.0 Å². The molecule has 10 nitrogen and oxygen atoms in total. The summed E-state index contributed by atoms with van der Waals surface area (Å²) < 4.78 is 6.84. The SMILES string of the molecule is CN(Cc1ccccc1)CC(NC(=O)c1cc(NC(=O)OCC2c3ccccc3-c3ccccc32)nn1C)C(=O)O. The highest BCUT2D eigenvalue weighted by atomic mass is 16.5.